The van der Waals surface area contributed by atoms with Crippen molar-refractivity contribution in [3.63, 3.8) is 0 Å². The van der Waals surface area contributed by atoms with Gasteiger partial charge in [0.1, 0.15) is 0 Å². The van der Waals surface area contributed by atoms with E-state index in [-0.39, 0.29) is 10.8 Å². The first-order valence-electron chi connectivity index (χ1n) is 6.98. The van der Waals surface area contributed by atoms with Crippen molar-refractivity contribution in [2.24, 2.45) is 15.9 Å². The van der Waals surface area contributed by atoms with Crippen molar-refractivity contribution >= 4 is 5.69 Å². The Morgan fingerprint density at radius 3 is 2.00 bits per heavy atom. The van der Waals surface area contributed by atoms with E-state index in [1.807, 2.05) is 0 Å². The highest BCUT2D eigenvalue weighted by molar-refractivity contribution is 5.39. The number of nitrogens with zero attached hydrogens (tertiary/aromatic N) is 3. The van der Waals surface area contributed by atoms with Crippen LogP contribution < -0.4 is 0 Å². The van der Waals surface area contributed by atoms with E-state index in [1.54, 1.807) is 24.3 Å². The second-order valence-corrected chi connectivity index (χ2v) is 6.69. The largest absolute Gasteiger partial charge is 0.323 e. The van der Waals surface area contributed by atoms with Crippen LogP contribution in [0.3, 0.4) is 0 Å². The number of azide groups is 1. The molecular weight excluding hydrogens is 270 g/mol. The van der Waals surface area contributed by atoms with Crippen LogP contribution in [0.4, 0.5) is 5.69 Å². The molecule has 3 fully saturated rings. The molecule has 6 heteroatoms. The maximum absolute atomic E-state index is 8.43. The van der Waals surface area contributed by atoms with Gasteiger partial charge in [0.2, 0.25) is 0 Å². The average Bonchev–Trinajstić information content (AvgIpc) is 2.49. The number of hydrogen-bond acceptors (Lipinski definition) is 4. The summed E-state index contributed by atoms with van der Waals surface area (Å²) in [6, 6.07) is 7.05. The maximum Gasteiger partial charge on any atom is 0.312 e. The van der Waals surface area contributed by atoms with Crippen LogP contribution in [-0.4, -0.2) is 19.8 Å². The molecule has 1 aromatic carbocycles. The summed E-state index contributed by atoms with van der Waals surface area (Å²) in [4.78, 5) is 2.76. The van der Waals surface area contributed by atoms with Crippen LogP contribution >= 0.6 is 0 Å². The molecule has 0 saturated carbocycles. The van der Waals surface area contributed by atoms with Gasteiger partial charge in [0.15, 0.2) is 0 Å². The Bertz CT molecular complexity index is 561. The third kappa shape index (κ3) is 2.21. The molecule has 0 radical (unpaired) electrons. The third-order valence-corrected chi connectivity index (χ3v) is 4.59. The monoisotopic (exact) mass is 289 g/mol. The number of rotatable bonds is 2. The smallest absolute Gasteiger partial charge is 0.312 e. The molecule has 21 heavy (non-hydrogen) atoms. The fourth-order valence-electron chi connectivity index (χ4n) is 2.63. The number of benzene rings is 1. The SMILES string of the molecule is CC(C)(C)C12COC(c3ccc(N=[N+]=[N-])cc3)(OC1)OC2. The molecule has 0 unspecified atom stereocenters. The zero-order valence-electron chi connectivity index (χ0n) is 12.5. The molecule has 0 aliphatic carbocycles. The zero-order chi connectivity index (χ0) is 15.1. The van der Waals surface area contributed by atoms with Crippen LogP contribution in [0.5, 0.6) is 0 Å². The Morgan fingerprint density at radius 1 is 1.05 bits per heavy atom. The van der Waals surface area contributed by atoms with Gasteiger partial charge in [0.05, 0.1) is 19.8 Å². The lowest BCUT2D eigenvalue weighted by Crippen LogP contribution is -2.62. The summed E-state index contributed by atoms with van der Waals surface area (Å²) < 4.78 is 17.8. The van der Waals surface area contributed by atoms with Crippen molar-refractivity contribution in [3.8, 4) is 0 Å². The van der Waals surface area contributed by atoms with E-state index < -0.39 is 5.97 Å². The highest BCUT2D eigenvalue weighted by atomic mass is 16.9. The summed E-state index contributed by atoms with van der Waals surface area (Å²) in [5.41, 5.74) is 9.69. The van der Waals surface area contributed by atoms with Crippen molar-refractivity contribution < 1.29 is 14.2 Å². The van der Waals surface area contributed by atoms with Gasteiger partial charge in [-0.2, -0.15) is 0 Å². The van der Waals surface area contributed by atoms with E-state index in [9.17, 15) is 0 Å². The minimum absolute atomic E-state index is 0.0466. The van der Waals surface area contributed by atoms with E-state index >= 15 is 0 Å². The molecule has 0 aromatic heterocycles. The quantitative estimate of drug-likeness (QED) is 0.471. The summed E-state index contributed by atoms with van der Waals surface area (Å²) in [6.07, 6.45) is 0. The van der Waals surface area contributed by atoms with Gasteiger partial charge < -0.3 is 14.2 Å². The van der Waals surface area contributed by atoms with Crippen LogP contribution in [0.15, 0.2) is 29.4 Å². The second kappa shape index (κ2) is 4.71. The summed E-state index contributed by atoms with van der Waals surface area (Å²) in [5.74, 6) is -1.12. The van der Waals surface area contributed by atoms with Gasteiger partial charge >= 0.3 is 5.97 Å². The second-order valence-electron chi connectivity index (χ2n) is 6.69. The summed E-state index contributed by atoms with van der Waals surface area (Å²) in [5, 5.41) is 3.55. The minimum atomic E-state index is -1.12. The Morgan fingerprint density at radius 2 is 1.57 bits per heavy atom. The van der Waals surface area contributed by atoms with Crippen LogP contribution in [0.2, 0.25) is 0 Å². The highest BCUT2D eigenvalue weighted by Gasteiger charge is 2.57. The maximum atomic E-state index is 8.43. The fraction of sp³-hybridized carbons (Fsp3) is 0.600. The van der Waals surface area contributed by atoms with Crippen molar-refractivity contribution in [3.05, 3.63) is 40.3 Å². The van der Waals surface area contributed by atoms with Gasteiger partial charge in [0.25, 0.3) is 0 Å². The minimum Gasteiger partial charge on any atom is -0.323 e. The molecule has 6 nitrogen and oxygen atoms in total. The fourth-order valence-corrected chi connectivity index (χ4v) is 2.63. The molecule has 0 atom stereocenters. The van der Waals surface area contributed by atoms with E-state index in [2.05, 4.69) is 30.8 Å². The summed E-state index contributed by atoms with van der Waals surface area (Å²) in [6.45, 7) is 8.35. The lowest BCUT2D eigenvalue weighted by atomic mass is 9.67. The van der Waals surface area contributed by atoms with Gasteiger partial charge in [-0.15, -0.1) is 0 Å². The third-order valence-electron chi connectivity index (χ3n) is 4.59. The normalized spacial score (nSPS) is 31.8. The molecule has 3 aliphatic heterocycles. The van der Waals surface area contributed by atoms with Crippen molar-refractivity contribution in [2.45, 2.75) is 26.7 Å². The predicted octanol–water partition coefficient (Wildman–Crippen LogP) is 3.85. The molecule has 2 bridgehead atoms. The molecule has 1 aromatic rings. The van der Waals surface area contributed by atoms with Crippen LogP contribution in [-0.2, 0) is 20.2 Å². The van der Waals surface area contributed by atoms with Crippen LogP contribution in [0, 0.1) is 10.8 Å². The standard InChI is InChI=1S/C15H19N3O3/c1-13(2,3)14-8-19-15(20-9-14,21-10-14)11-4-6-12(7-5-11)17-18-16/h4-7H,8-10H2,1-3H3. The lowest BCUT2D eigenvalue weighted by Gasteiger charge is -2.56. The Balaban J connectivity index is 1.84. The lowest BCUT2D eigenvalue weighted by molar-refractivity contribution is -0.489. The van der Waals surface area contributed by atoms with E-state index in [4.69, 9.17) is 19.7 Å². The molecule has 3 aliphatic rings. The van der Waals surface area contributed by atoms with Crippen molar-refractivity contribution in [2.75, 3.05) is 19.8 Å². The Kier molecular flexibility index (Phi) is 3.22. The topological polar surface area (TPSA) is 76.5 Å². The first-order valence-corrected chi connectivity index (χ1v) is 6.98. The molecule has 3 saturated heterocycles. The molecule has 0 spiro atoms. The predicted molar refractivity (Wildman–Crippen MR) is 76.7 cm³/mol. The van der Waals surface area contributed by atoms with Crippen molar-refractivity contribution in [1.82, 2.24) is 0 Å². The van der Waals surface area contributed by atoms with Crippen LogP contribution in [0.1, 0.15) is 26.3 Å². The van der Waals surface area contributed by atoms with E-state index in [0.717, 1.165) is 5.56 Å². The van der Waals surface area contributed by atoms with Crippen LogP contribution in [0.25, 0.3) is 10.4 Å². The molecule has 3 heterocycles. The number of fused-ring (bicyclic) bond motifs is 3. The molecule has 0 amide bonds. The van der Waals surface area contributed by atoms with Gasteiger partial charge in [0, 0.05) is 21.6 Å². The summed E-state index contributed by atoms with van der Waals surface area (Å²) in [7, 11) is 0. The Labute approximate surface area is 123 Å². The van der Waals surface area contributed by atoms with Crippen molar-refractivity contribution in [1.29, 1.82) is 0 Å². The highest BCUT2D eigenvalue weighted by Crippen LogP contribution is 2.51. The van der Waals surface area contributed by atoms with Gasteiger partial charge in [-0.3, -0.25) is 0 Å². The average molecular weight is 289 g/mol. The summed E-state index contributed by atoms with van der Waals surface area (Å²) >= 11 is 0. The Hall–Kier alpha value is -1.59. The van der Waals surface area contributed by atoms with Gasteiger partial charge in [-0.1, -0.05) is 50.2 Å². The van der Waals surface area contributed by atoms with Gasteiger partial charge in [-0.25, -0.2) is 0 Å². The van der Waals surface area contributed by atoms with Gasteiger partial charge in [-0.05, 0) is 10.9 Å². The molecule has 0 N–H and O–H groups in total. The first-order chi connectivity index (χ1) is 9.91. The van der Waals surface area contributed by atoms with E-state index in [0.29, 0.717) is 25.5 Å². The van der Waals surface area contributed by atoms with E-state index in [1.165, 1.54) is 0 Å². The number of hydrogen-bond donors (Lipinski definition) is 0. The molecule has 4 rings (SSSR count). The number of ether oxygens (including phenoxy) is 3. The zero-order valence-corrected chi connectivity index (χ0v) is 12.5. The first kappa shape index (κ1) is 14.4. The molecular formula is C15H19N3O3. The molecule has 112 valence electrons.